The number of hydrogen-bond donors (Lipinski definition) is 1. The van der Waals surface area contributed by atoms with E-state index in [0.717, 1.165) is 35.7 Å². The fourth-order valence-corrected chi connectivity index (χ4v) is 5.34. The zero-order valence-electron chi connectivity index (χ0n) is 19.4. The number of imide groups is 1. The monoisotopic (exact) mass is 451 g/mol. The Bertz CT molecular complexity index is 1150. The molecule has 1 N–H and O–H groups in total. The van der Waals surface area contributed by atoms with E-state index in [0.29, 0.717) is 22.0 Å². The predicted octanol–water partition coefficient (Wildman–Crippen LogP) is 6.04. The van der Waals surface area contributed by atoms with Crippen molar-refractivity contribution in [3.63, 3.8) is 0 Å². The van der Waals surface area contributed by atoms with Crippen molar-refractivity contribution in [2.75, 3.05) is 14.2 Å². The van der Waals surface area contributed by atoms with Crippen LogP contribution >= 0.6 is 11.8 Å². The number of ether oxygens (including phenoxy) is 2. The predicted molar refractivity (Wildman–Crippen MR) is 129 cm³/mol. The second kappa shape index (κ2) is 8.00. The molecule has 1 saturated heterocycles. The Kier molecular flexibility index (Phi) is 5.61. The SMILES string of the molecule is COc1ccc(/C=C2\SC(=O)NC2=O)c(OC)c1-c1ccc2c(c1)C(C)(C)CCC2(C)C. The van der Waals surface area contributed by atoms with Gasteiger partial charge in [-0.15, -0.1) is 0 Å². The highest BCUT2D eigenvalue weighted by Crippen LogP contribution is 2.49. The normalized spacial score (nSPS) is 20.1. The van der Waals surface area contributed by atoms with E-state index in [4.69, 9.17) is 9.47 Å². The van der Waals surface area contributed by atoms with Gasteiger partial charge in [-0.3, -0.25) is 14.9 Å². The van der Waals surface area contributed by atoms with Gasteiger partial charge in [-0.2, -0.15) is 0 Å². The maximum absolute atomic E-state index is 12.1. The number of thioether (sulfide) groups is 1. The Balaban J connectivity index is 1.91. The molecule has 32 heavy (non-hydrogen) atoms. The molecule has 0 spiro atoms. The summed E-state index contributed by atoms with van der Waals surface area (Å²) < 4.78 is 11.5. The van der Waals surface area contributed by atoms with Crippen molar-refractivity contribution in [2.24, 2.45) is 0 Å². The summed E-state index contributed by atoms with van der Waals surface area (Å²) in [5, 5.41) is 1.93. The fraction of sp³-hybridized carbons (Fsp3) is 0.385. The van der Waals surface area contributed by atoms with E-state index >= 15 is 0 Å². The second-order valence-corrected chi connectivity index (χ2v) is 10.7. The second-order valence-electron chi connectivity index (χ2n) is 9.65. The van der Waals surface area contributed by atoms with Gasteiger partial charge >= 0.3 is 0 Å². The number of carbonyl (C=O) groups excluding carboxylic acids is 2. The van der Waals surface area contributed by atoms with E-state index in [2.05, 4.69) is 51.2 Å². The van der Waals surface area contributed by atoms with Gasteiger partial charge in [-0.05, 0) is 70.3 Å². The largest absolute Gasteiger partial charge is 0.496 e. The minimum atomic E-state index is -0.391. The van der Waals surface area contributed by atoms with Crippen molar-refractivity contribution in [1.82, 2.24) is 5.32 Å². The van der Waals surface area contributed by atoms with Crippen molar-refractivity contribution in [3.05, 3.63) is 51.9 Å². The Morgan fingerprint density at radius 2 is 1.62 bits per heavy atom. The highest BCUT2D eigenvalue weighted by Gasteiger charge is 2.37. The van der Waals surface area contributed by atoms with Crippen LogP contribution in [0.25, 0.3) is 17.2 Å². The third kappa shape index (κ3) is 3.81. The van der Waals surface area contributed by atoms with Crippen LogP contribution in [-0.2, 0) is 15.6 Å². The van der Waals surface area contributed by atoms with Crippen LogP contribution in [0.4, 0.5) is 4.79 Å². The lowest BCUT2D eigenvalue weighted by molar-refractivity contribution is -0.115. The minimum absolute atomic E-state index is 0.0693. The highest BCUT2D eigenvalue weighted by atomic mass is 32.2. The first-order valence-corrected chi connectivity index (χ1v) is 11.5. The molecule has 2 aromatic rings. The lowest BCUT2D eigenvalue weighted by Gasteiger charge is -2.42. The van der Waals surface area contributed by atoms with Crippen LogP contribution in [0.3, 0.4) is 0 Å². The smallest absolute Gasteiger partial charge is 0.290 e. The number of fused-ring (bicyclic) bond motifs is 1. The van der Waals surface area contributed by atoms with Gasteiger partial charge in [0.2, 0.25) is 0 Å². The average Bonchev–Trinajstić information content (AvgIpc) is 3.07. The van der Waals surface area contributed by atoms with Gasteiger partial charge in [0.1, 0.15) is 11.5 Å². The molecular formula is C26H29NO4S. The van der Waals surface area contributed by atoms with Crippen LogP contribution in [0.15, 0.2) is 35.2 Å². The van der Waals surface area contributed by atoms with Gasteiger partial charge in [0.25, 0.3) is 11.1 Å². The molecule has 0 unspecified atom stereocenters. The van der Waals surface area contributed by atoms with Gasteiger partial charge in [0, 0.05) is 5.56 Å². The van der Waals surface area contributed by atoms with Crippen LogP contribution in [0, 0.1) is 0 Å². The standard InChI is InChI=1S/C26H29NO4S/c1-25(2)11-12-26(3,4)18-13-15(7-9-17(18)25)21-19(30-5)10-8-16(22(21)31-6)14-20-23(28)27-24(29)32-20/h7-10,13-14H,11-12H2,1-6H3,(H,27,28,29)/b20-14-. The van der Waals surface area contributed by atoms with E-state index in [9.17, 15) is 9.59 Å². The number of nitrogens with one attached hydrogen (secondary N) is 1. The topological polar surface area (TPSA) is 64.6 Å². The maximum atomic E-state index is 12.1. The van der Waals surface area contributed by atoms with E-state index in [1.807, 2.05) is 12.1 Å². The first-order valence-electron chi connectivity index (χ1n) is 10.7. The Morgan fingerprint density at radius 1 is 0.938 bits per heavy atom. The summed E-state index contributed by atoms with van der Waals surface area (Å²) in [6.07, 6.45) is 3.97. The third-order valence-corrected chi connectivity index (χ3v) is 7.45. The van der Waals surface area contributed by atoms with Crippen LogP contribution in [0.1, 0.15) is 57.2 Å². The van der Waals surface area contributed by atoms with Crippen molar-refractivity contribution in [1.29, 1.82) is 0 Å². The molecule has 0 radical (unpaired) electrons. The molecule has 0 atom stereocenters. The van der Waals surface area contributed by atoms with Gasteiger partial charge in [0.15, 0.2) is 0 Å². The third-order valence-electron chi connectivity index (χ3n) is 6.64. The number of rotatable bonds is 4. The zero-order chi connectivity index (χ0) is 23.3. The molecule has 1 aliphatic heterocycles. The van der Waals surface area contributed by atoms with Crippen molar-refractivity contribution in [2.45, 2.75) is 51.4 Å². The summed E-state index contributed by atoms with van der Waals surface area (Å²) >= 11 is 0.892. The van der Waals surface area contributed by atoms with Gasteiger partial charge in [0.05, 0.1) is 24.7 Å². The molecule has 168 valence electrons. The minimum Gasteiger partial charge on any atom is -0.496 e. The zero-order valence-corrected chi connectivity index (χ0v) is 20.2. The average molecular weight is 452 g/mol. The number of benzene rings is 2. The van der Waals surface area contributed by atoms with E-state index < -0.39 is 5.91 Å². The van der Waals surface area contributed by atoms with Crippen LogP contribution in [0.2, 0.25) is 0 Å². The molecular weight excluding hydrogens is 422 g/mol. The molecule has 2 amide bonds. The molecule has 2 aliphatic rings. The molecule has 5 nitrogen and oxygen atoms in total. The lowest BCUT2D eigenvalue weighted by Crippen LogP contribution is -2.33. The molecule has 4 rings (SSSR count). The van der Waals surface area contributed by atoms with Crippen molar-refractivity contribution in [3.8, 4) is 22.6 Å². The number of amides is 2. The highest BCUT2D eigenvalue weighted by molar-refractivity contribution is 8.18. The first kappa shape index (κ1) is 22.5. The quantitative estimate of drug-likeness (QED) is 0.574. The lowest BCUT2D eigenvalue weighted by atomic mass is 9.63. The van der Waals surface area contributed by atoms with E-state index in [-0.39, 0.29) is 16.1 Å². The van der Waals surface area contributed by atoms with E-state index in [1.165, 1.54) is 11.1 Å². The molecule has 1 fully saturated rings. The van der Waals surface area contributed by atoms with Gasteiger partial charge < -0.3 is 9.47 Å². The molecule has 1 heterocycles. The summed E-state index contributed by atoms with van der Waals surface area (Å²) in [5.41, 5.74) is 5.47. The number of hydrogen-bond acceptors (Lipinski definition) is 5. The molecule has 0 aromatic heterocycles. The summed E-state index contributed by atoms with van der Waals surface area (Å²) in [6, 6.07) is 10.3. The summed E-state index contributed by atoms with van der Waals surface area (Å²) in [6.45, 7) is 9.21. The van der Waals surface area contributed by atoms with Crippen LogP contribution < -0.4 is 14.8 Å². The molecule has 6 heteroatoms. The Morgan fingerprint density at radius 3 is 2.22 bits per heavy atom. The molecule has 0 saturated carbocycles. The first-order chi connectivity index (χ1) is 15.1. The Hall–Kier alpha value is -2.73. The molecule has 0 bridgehead atoms. The van der Waals surface area contributed by atoms with Gasteiger partial charge in [-0.1, -0.05) is 45.9 Å². The molecule has 1 aliphatic carbocycles. The van der Waals surface area contributed by atoms with Crippen LogP contribution in [0.5, 0.6) is 11.5 Å². The summed E-state index contributed by atoms with van der Waals surface area (Å²) in [4.78, 5) is 24.0. The summed E-state index contributed by atoms with van der Waals surface area (Å²) in [7, 11) is 3.25. The number of carbonyl (C=O) groups is 2. The summed E-state index contributed by atoms with van der Waals surface area (Å²) in [5.74, 6) is 0.908. The van der Waals surface area contributed by atoms with Crippen molar-refractivity contribution >= 4 is 29.0 Å². The van der Waals surface area contributed by atoms with Gasteiger partial charge in [-0.25, -0.2) is 0 Å². The van der Waals surface area contributed by atoms with Crippen molar-refractivity contribution < 1.29 is 19.1 Å². The van der Waals surface area contributed by atoms with Crippen LogP contribution in [-0.4, -0.2) is 25.4 Å². The Labute approximate surface area is 193 Å². The van der Waals surface area contributed by atoms with E-state index in [1.54, 1.807) is 20.3 Å². The molecule has 2 aromatic carbocycles. The maximum Gasteiger partial charge on any atom is 0.290 e. The fourth-order valence-electron chi connectivity index (χ4n) is 4.66. The number of methoxy groups -OCH3 is 2.